The molecule has 0 fully saturated rings. The van der Waals surface area contributed by atoms with Crippen LogP contribution in [0.3, 0.4) is 0 Å². The van der Waals surface area contributed by atoms with Crippen molar-refractivity contribution >= 4 is 17.5 Å². The molecule has 1 aliphatic heterocycles. The van der Waals surface area contributed by atoms with Crippen LogP contribution in [0.2, 0.25) is 0 Å². The molecular weight excluding hydrogens is 431 g/mol. The molecule has 0 aliphatic carbocycles. The third kappa shape index (κ3) is 5.60. The maximum Gasteiger partial charge on any atom is 0.416 e. The Hall–Kier alpha value is -3.62. The second-order valence-electron chi connectivity index (χ2n) is 7.77. The van der Waals surface area contributed by atoms with Crippen LogP contribution in [0.25, 0.3) is 11.3 Å². The molecule has 33 heavy (non-hydrogen) atoms. The number of benzene rings is 1. The van der Waals surface area contributed by atoms with E-state index >= 15 is 0 Å². The third-order valence-electron chi connectivity index (χ3n) is 5.38. The van der Waals surface area contributed by atoms with Crippen LogP contribution in [-0.2, 0) is 12.6 Å². The van der Waals surface area contributed by atoms with Crippen molar-refractivity contribution < 1.29 is 18.0 Å². The maximum absolute atomic E-state index is 13.1. The van der Waals surface area contributed by atoms with Crippen LogP contribution in [0.15, 0.2) is 60.9 Å². The number of carbonyl (C=O) groups excluding carboxylic acids is 1. The smallest absolute Gasteiger partial charge is 0.382 e. The average molecular weight is 455 g/mol. The number of hydrogen-bond donors (Lipinski definition) is 2. The lowest BCUT2D eigenvalue weighted by atomic mass is 10.1. The van der Waals surface area contributed by atoms with E-state index in [-0.39, 0.29) is 6.03 Å². The molecule has 0 saturated heterocycles. The molecular formula is C24H24F3N5O. The molecule has 0 atom stereocenters. The number of carbonyl (C=O) groups is 1. The molecule has 2 amide bonds. The van der Waals surface area contributed by atoms with Crippen molar-refractivity contribution in [3.8, 4) is 11.3 Å². The zero-order chi connectivity index (χ0) is 23.3. The Morgan fingerprint density at radius 3 is 2.82 bits per heavy atom. The fourth-order valence-electron chi connectivity index (χ4n) is 3.70. The first-order valence-corrected chi connectivity index (χ1v) is 10.8. The number of amides is 2. The molecule has 2 aromatic heterocycles. The topological polar surface area (TPSA) is 70.2 Å². The molecule has 172 valence electrons. The fraction of sp³-hybridized carbons (Fsp3) is 0.292. The number of nitrogens with zero attached hydrogens (tertiary/aromatic N) is 3. The number of nitrogens with one attached hydrogen (secondary N) is 2. The van der Waals surface area contributed by atoms with Crippen molar-refractivity contribution in [1.82, 2.24) is 15.3 Å². The number of halogens is 3. The summed E-state index contributed by atoms with van der Waals surface area (Å²) in [5, 5.41) is 6.17. The second kappa shape index (κ2) is 9.89. The standard InChI is InChI=1S/C24H24F3N5O/c25-24(26,27)19-8-1-7-18(15-19)20-9-10-21-22(31-20)32(14-4-13-29-21)23(33)30-12-3-6-17-5-2-11-28-16-17/h1-2,5,7-11,15-16,29H,3-4,6,12-14H2,(H,30,33). The lowest BCUT2D eigenvalue weighted by Crippen LogP contribution is -2.41. The molecule has 3 aromatic rings. The summed E-state index contributed by atoms with van der Waals surface area (Å²) in [4.78, 5) is 23.2. The molecule has 0 bridgehead atoms. The van der Waals surface area contributed by atoms with E-state index in [2.05, 4.69) is 20.6 Å². The van der Waals surface area contributed by atoms with Crippen LogP contribution in [0.1, 0.15) is 24.0 Å². The van der Waals surface area contributed by atoms with E-state index < -0.39 is 11.7 Å². The van der Waals surface area contributed by atoms with Gasteiger partial charge in [-0.3, -0.25) is 9.88 Å². The lowest BCUT2D eigenvalue weighted by molar-refractivity contribution is -0.137. The predicted octanol–water partition coefficient (Wildman–Crippen LogP) is 5.13. The number of urea groups is 1. The molecule has 3 heterocycles. The fourth-order valence-corrected chi connectivity index (χ4v) is 3.70. The highest BCUT2D eigenvalue weighted by molar-refractivity contribution is 5.95. The Morgan fingerprint density at radius 2 is 2.03 bits per heavy atom. The van der Waals surface area contributed by atoms with Crippen LogP contribution in [0.5, 0.6) is 0 Å². The predicted molar refractivity (Wildman–Crippen MR) is 121 cm³/mol. The second-order valence-corrected chi connectivity index (χ2v) is 7.77. The van der Waals surface area contributed by atoms with Crippen molar-refractivity contribution in [3.05, 3.63) is 72.1 Å². The quantitative estimate of drug-likeness (QED) is 0.524. The van der Waals surface area contributed by atoms with E-state index in [4.69, 9.17) is 0 Å². The number of anilines is 2. The number of rotatable bonds is 5. The van der Waals surface area contributed by atoms with Gasteiger partial charge in [-0.05, 0) is 55.2 Å². The number of fused-ring (bicyclic) bond motifs is 1. The first kappa shape index (κ1) is 22.6. The summed E-state index contributed by atoms with van der Waals surface area (Å²) in [6, 6.07) is 12.0. The molecule has 9 heteroatoms. The number of hydrogen-bond acceptors (Lipinski definition) is 4. The maximum atomic E-state index is 13.1. The van der Waals surface area contributed by atoms with Crippen molar-refractivity contribution in [2.45, 2.75) is 25.4 Å². The van der Waals surface area contributed by atoms with Crippen molar-refractivity contribution in [1.29, 1.82) is 0 Å². The van der Waals surface area contributed by atoms with Gasteiger partial charge in [0.25, 0.3) is 0 Å². The van der Waals surface area contributed by atoms with Gasteiger partial charge >= 0.3 is 12.2 Å². The molecule has 0 saturated carbocycles. The number of aryl methyl sites for hydroxylation is 1. The van der Waals surface area contributed by atoms with Gasteiger partial charge in [0.1, 0.15) is 0 Å². The van der Waals surface area contributed by atoms with Crippen LogP contribution in [0, 0.1) is 0 Å². The Morgan fingerprint density at radius 1 is 1.15 bits per heavy atom. The van der Waals surface area contributed by atoms with Crippen LogP contribution in [-0.4, -0.2) is 35.6 Å². The van der Waals surface area contributed by atoms with Crippen molar-refractivity contribution in [2.75, 3.05) is 29.9 Å². The summed E-state index contributed by atoms with van der Waals surface area (Å²) in [5.74, 6) is 0.409. The van der Waals surface area contributed by atoms with E-state index in [1.54, 1.807) is 35.5 Å². The number of alkyl halides is 3. The normalized spacial score (nSPS) is 13.6. The molecule has 0 radical (unpaired) electrons. The Labute approximate surface area is 189 Å². The van der Waals surface area contributed by atoms with E-state index in [1.807, 2.05) is 12.1 Å². The van der Waals surface area contributed by atoms with Crippen LogP contribution >= 0.6 is 0 Å². The van der Waals surface area contributed by atoms with Crippen LogP contribution < -0.4 is 15.5 Å². The Bertz CT molecular complexity index is 1100. The van der Waals surface area contributed by atoms with E-state index in [0.717, 1.165) is 37.0 Å². The highest BCUT2D eigenvalue weighted by Crippen LogP contribution is 2.34. The molecule has 0 spiro atoms. The molecule has 0 unspecified atom stereocenters. The number of pyridine rings is 2. The molecule has 1 aromatic carbocycles. The minimum absolute atomic E-state index is 0.278. The summed E-state index contributed by atoms with van der Waals surface area (Å²) < 4.78 is 39.4. The van der Waals surface area contributed by atoms with Gasteiger partial charge in [-0.2, -0.15) is 13.2 Å². The molecule has 4 rings (SSSR count). The number of aromatic nitrogens is 2. The van der Waals surface area contributed by atoms with E-state index in [9.17, 15) is 18.0 Å². The lowest BCUT2D eigenvalue weighted by Gasteiger charge is -2.22. The summed E-state index contributed by atoms with van der Waals surface area (Å²) >= 11 is 0. The first-order chi connectivity index (χ1) is 15.9. The highest BCUT2D eigenvalue weighted by atomic mass is 19.4. The van der Waals surface area contributed by atoms with Crippen LogP contribution in [0.4, 0.5) is 29.5 Å². The summed E-state index contributed by atoms with van der Waals surface area (Å²) in [7, 11) is 0. The van der Waals surface area contributed by atoms with Gasteiger partial charge in [0, 0.05) is 37.6 Å². The summed E-state index contributed by atoms with van der Waals surface area (Å²) in [5.41, 5.74) is 1.75. The molecule has 1 aliphatic rings. The summed E-state index contributed by atoms with van der Waals surface area (Å²) in [6.07, 6.45) is 1.36. The minimum Gasteiger partial charge on any atom is -0.382 e. The van der Waals surface area contributed by atoms with Gasteiger partial charge in [0.05, 0.1) is 16.9 Å². The summed E-state index contributed by atoms with van der Waals surface area (Å²) in [6.45, 7) is 1.61. The van der Waals surface area contributed by atoms with E-state index in [0.29, 0.717) is 42.4 Å². The largest absolute Gasteiger partial charge is 0.416 e. The first-order valence-electron chi connectivity index (χ1n) is 10.8. The Balaban J connectivity index is 1.50. The highest BCUT2D eigenvalue weighted by Gasteiger charge is 2.30. The minimum atomic E-state index is -4.44. The van der Waals surface area contributed by atoms with E-state index in [1.165, 1.54) is 6.07 Å². The van der Waals surface area contributed by atoms with Crippen molar-refractivity contribution in [3.63, 3.8) is 0 Å². The van der Waals surface area contributed by atoms with Gasteiger partial charge in [0.2, 0.25) is 0 Å². The molecule has 6 nitrogen and oxygen atoms in total. The zero-order valence-electron chi connectivity index (χ0n) is 17.9. The third-order valence-corrected chi connectivity index (χ3v) is 5.38. The van der Waals surface area contributed by atoms with Gasteiger partial charge in [0.15, 0.2) is 5.82 Å². The monoisotopic (exact) mass is 455 g/mol. The van der Waals surface area contributed by atoms with Gasteiger partial charge in [-0.25, -0.2) is 9.78 Å². The molecule has 2 N–H and O–H groups in total. The average Bonchev–Trinajstić information content (AvgIpc) is 3.04. The Kier molecular flexibility index (Phi) is 6.76. The van der Waals surface area contributed by atoms with Gasteiger partial charge in [-0.15, -0.1) is 0 Å². The van der Waals surface area contributed by atoms with Crippen molar-refractivity contribution in [2.24, 2.45) is 0 Å². The van der Waals surface area contributed by atoms with Gasteiger partial charge < -0.3 is 10.6 Å². The SMILES string of the molecule is O=C(NCCCc1cccnc1)N1CCCNc2ccc(-c3cccc(C(F)(F)F)c3)nc21. The zero-order valence-corrected chi connectivity index (χ0v) is 17.9. The van der Waals surface area contributed by atoms with Gasteiger partial charge in [-0.1, -0.05) is 18.2 Å².